The average Bonchev–Trinajstić information content (AvgIpc) is 3.03. The second-order valence-corrected chi connectivity index (χ2v) is 8.17. The first-order chi connectivity index (χ1) is 12.8. The molecule has 0 saturated heterocycles. The Labute approximate surface area is 162 Å². The zero-order valence-corrected chi connectivity index (χ0v) is 16.3. The standard InChI is InChI=1S/C20H22N4O2S/c1-20(2,3)24-17(25)12-21-19(26)23-14-9-5-4-8-13(14)18-22-15-10-6-7-11-16(15)27-18/h4-11H,12H2,1-3H3,(H,24,25)(H2,21,23,26). The molecule has 0 spiro atoms. The van der Waals surface area contributed by atoms with E-state index < -0.39 is 6.03 Å². The maximum absolute atomic E-state index is 12.2. The first kappa shape index (κ1) is 18.8. The molecule has 0 fully saturated rings. The van der Waals surface area contributed by atoms with Crippen LogP contribution in [-0.2, 0) is 4.79 Å². The lowest BCUT2D eigenvalue weighted by molar-refractivity contribution is -0.121. The molecule has 0 radical (unpaired) electrons. The maximum Gasteiger partial charge on any atom is 0.319 e. The number of nitrogens with zero attached hydrogens (tertiary/aromatic N) is 1. The van der Waals surface area contributed by atoms with Gasteiger partial charge < -0.3 is 16.0 Å². The lowest BCUT2D eigenvalue weighted by Gasteiger charge is -2.20. The van der Waals surface area contributed by atoms with Gasteiger partial charge in [0.05, 0.1) is 22.4 Å². The molecular weight excluding hydrogens is 360 g/mol. The summed E-state index contributed by atoms with van der Waals surface area (Å²) in [5.41, 5.74) is 2.07. The summed E-state index contributed by atoms with van der Waals surface area (Å²) in [5.74, 6) is -0.239. The molecular formula is C20H22N4O2S. The molecule has 2 aromatic carbocycles. The molecule has 0 bridgehead atoms. The van der Waals surface area contributed by atoms with Gasteiger partial charge in [-0.25, -0.2) is 9.78 Å². The van der Waals surface area contributed by atoms with Crippen LogP contribution in [0.3, 0.4) is 0 Å². The number of rotatable bonds is 4. The van der Waals surface area contributed by atoms with Crippen LogP contribution in [0, 0.1) is 0 Å². The van der Waals surface area contributed by atoms with E-state index in [-0.39, 0.29) is 18.0 Å². The molecule has 7 heteroatoms. The van der Waals surface area contributed by atoms with Crippen LogP contribution in [-0.4, -0.2) is 29.0 Å². The lowest BCUT2D eigenvalue weighted by Crippen LogP contribution is -2.46. The molecule has 0 aliphatic carbocycles. The van der Waals surface area contributed by atoms with Crippen molar-refractivity contribution in [1.29, 1.82) is 0 Å². The molecule has 3 amide bonds. The van der Waals surface area contributed by atoms with Crippen molar-refractivity contribution in [2.75, 3.05) is 11.9 Å². The fourth-order valence-corrected chi connectivity index (χ4v) is 3.56. The number of fused-ring (bicyclic) bond motifs is 1. The Bertz CT molecular complexity index is 942. The van der Waals surface area contributed by atoms with Crippen LogP contribution in [0.15, 0.2) is 48.5 Å². The van der Waals surface area contributed by atoms with Crippen LogP contribution >= 0.6 is 11.3 Å². The summed E-state index contributed by atoms with van der Waals surface area (Å²) in [5, 5.41) is 9.02. The van der Waals surface area contributed by atoms with Crippen molar-refractivity contribution >= 4 is 39.2 Å². The van der Waals surface area contributed by atoms with Gasteiger partial charge in [-0.1, -0.05) is 24.3 Å². The van der Waals surface area contributed by atoms with Crippen molar-refractivity contribution in [2.45, 2.75) is 26.3 Å². The molecule has 140 valence electrons. The predicted octanol–water partition coefficient (Wildman–Crippen LogP) is 4.00. The first-order valence-corrected chi connectivity index (χ1v) is 9.44. The van der Waals surface area contributed by atoms with Gasteiger partial charge in [0.1, 0.15) is 5.01 Å². The number of hydrogen-bond donors (Lipinski definition) is 3. The molecule has 0 saturated carbocycles. The third kappa shape index (κ3) is 5.04. The highest BCUT2D eigenvalue weighted by Crippen LogP contribution is 2.34. The second kappa shape index (κ2) is 7.75. The van der Waals surface area contributed by atoms with E-state index in [1.54, 1.807) is 11.3 Å². The SMILES string of the molecule is CC(C)(C)NC(=O)CNC(=O)Nc1ccccc1-c1nc2ccccc2s1. The van der Waals surface area contributed by atoms with Crippen LogP contribution in [0.1, 0.15) is 20.8 Å². The molecule has 1 heterocycles. The van der Waals surface area contributed by atoms with Crippen LogP contribution in [0.5, 0.6) is 0 Å². The van der Waals surface area contributed by atoms with Crippen molar-refractivity contribution in [2.24, 2.45) is 0 Å². The number of hydrogen-bond acceptors (Lipinski definition) is 4. The summed E-state index contributed by atoms with van der Waals surface area (Å²) in [7, 11) is 0. The molecule has 0 aliphatic heterocycles. The number of aromatic nitrogens is 1. The summed E-state index contributed by atoms with van der Waals surface area (Å²) in [6.45, 7) is 5.57. The van der Waals surface area contributed by atoms with Gasteiger partial charge in [-0.2, -0.15) is 0 Å². The Balaban J connectivity index is 1.71. The summed E-state index contributed by atoms with van der Waals surface area (Å²) >= 11 is 1.57. The highest BCUT2D eigenvalue weighted by atomic mass is 32.1. The van der Waals surface area contributed by atoms with Crippen molar-refractivity contribution in [3.63, 3.8) is 0 Å². The molecule has 1 aromatic heterocycles. The first-order valence-electron chi connectivity index (χ1n) is 8.63. The number of carbonyl (C=O) groups is 2. The number of thiazole rings is 1. The number of benzene rings is 2. The smallest absolute Gasteiger partial charge is 0.319 e. The van der Waals surface area contributed by atoms with E-state index in [4.69, 9.17) is 0 Å². The number of nitrogens with one attached hydrogen (secondary N) is 3. The maximum atomic E-state index is 12.2. The van der Waals surface area contributed by atoms with Crippen LogP contribution < -0.4 is 16.0 Å². The number of carbonyl (C=O) groups excluding carboxylic acids is 2. The van der Waals surface area contributed by atoms with Crippen molar-refractivity contribution < 1.29 is 9.59 Å². The molecule has 3 aromatic rings. The Morgan fingerprint density at radius 1 is 1.04 bits per heavy atom. The number of anilines is 1. The minimum atomic E-state index is -0.437. The molecule has 0 aliphatic rings. The molecule has 0 unspecified atom stereocenters. The van der Waals surface area contributed by atoms with Gasteiger partial charge in [-0.3, -0.25) is 4.79 Å². The molecule has 6 nitrogen and oxygen atoms in total. The fourth-order valence-electron chi connectivity index (χ4n) is 2.56. The van der Waals surface area contributed by atoms with Gasteiger partial charge >= 0.3 is 6.03 Å². The van der Waals surface area contributed by atoms with Crippen molar-refractivity contribution in [3.8, 4) is 10.6 Å². The fraction of sp³-hybridized carbons (Fsp3) is 0.250. The molecule has 3 rings (SSSR count). The number of urea groups is 1. The van der Waals surface area contributed by atoms with Gasteiger partial charge in [0, 0.05) is 11.1 Å². The summed E-state index contributed by atoms with van der Waals surface area (Å²) in [6.07, 6.45) is 0. The van der Waals surface area contributed by atoms with E-state index in [1.165, 1.54) is 0 Å². The van der Waals surface area contributed by atoms with Crippen molar-refractivity contribution in [3.05, 3.63) is 48.5 Å². The highest BCUT2D eigenvalue weighted by Gasteiger charge is 2.15. The topological polar surface area (TPSA) is 83.1 Å². The third-order valence-electron chi connectivity index (χ3n) is 3.62. The largest absolute Gasteiger partial charge is 0.350 e. The zero-order valence-electron chi connectivity index (χ0n) is 15.5. The summed E-state index contributed by atoms with van der Waals surface area (Å²) in [4.78, 5) is 28.7. The van der Waals surface area contributed by atoms with Gasteiger partial charge in [0.25, 0.3) is 0 Å². The Hall–Kier alpha value is -2.93. The number of amides is 3. The average molecular weight is 382 g/mol. The van der Waals surface area contributed by atoms with E-state index in [1.807, 2.05) is 69.3 Å². The molecule has 0 atom stereocenters. The quantitative estimate of drug-likeness (QED) is 0.638. The lowest BCUT2D eigenvalue weighted by atomic mass is 10.1. The number of para-hydroxylation sites is 2. The Morgan fingerprint density at radius 2 is 1.74 bits per heavy atom. The van der Waals surface area contributed by atoms with Gasteiger partial charge in [-0.15, -0.1) is 11.3 Å². The van der Waals surface area contributed by atoms with E-state index in [0.29, 0.717) is 5.69 Å². The minimum Gasteiger partial charge on any atom is -0.350 e. The normalized spacial score (nSPS) is 11.2. The van der Waals surface area contributed by atoms with Crippen LogP contribution in [0.4, 0.5) is 10.5 Å². The van der Waals surface area contributed by atoms with Gasteiger partial charge in [-0.05, 0) is 45.0 Å². The highest BCUT2D eigenvalue weighted by molar-refractivity contribution is 7.21. The Kier molecular flexibility index (Phi) is 5.41. The van der Waals surface area contributed by atoms with E-state index >= 15 is 0 Å². The molecule has 3 N–H and O–H groups in total. The minimum absolute atomic E-state index is 0.0909. The summed E-state index contributed by atoms with van der Waals surface area (Å²) < 4.78 is 1.09. The van der Waals surface area contributed by atoms with Crippen molar-refractivity contribution in [1.82, 2.24) is 15.6 Å². The molecule has 27 heavy (non-hydrogen) atoms. The van der Waals surface area contributed by atoms with E-state index in [0.717, 1.165) is 20.8 Å². The van der Waals surface area contributed by atoms with E-state index in [9.17, 15) is 9.59 Å². The van der Waals surface area contributed by atoms with Gasteiger partial charge in [0.2, 0.25) is 5.91 Å². The second-order valence-electron chi connectivity index (χ2n) is 7.14. The summed E-state index contributed by atoms with van der Waals surface area (Å²) in [6, 6.07) is 15.0. The van der Waals surface area contributed by atoms with E-state index in [2.05, 4.69) is 20.9 Å². The van der Waals surface area contributed by atoms with Crippen LogP contribution in [0.25, 0.3) is 20.8 Å². The zero-order chi connectivity index (χ0) is 19.4. The predicted molar refractivity (Wildman–Crippen MR) is 110 cm³/mol. The van der Waals surface area contributed by atoms with Crippen LogP contribution in [0.2, 0.25) is 0 Å². The monoisotopic (exact) mass is 382 g/mol. The van der Waals surface area contributed by atoms with Gasteiger partial charge in [0.15, 0.2) is 0 Å². The third-order valence-corrected chi connectivity index (χ3v) is 4.69. The Morgan fingerprint density at radius 3 is 2.48 bits per heavy atom.